The van der Waals surface area contributed by atoms with Gasteiger partial charge in [-0.25, -0.2) is 0 Å². The molecule has 0 aromatic rings. The molecule has 4 nitrogen and oxygen atoms in total. The van der Waals surface area contributed by atoms with Crippen LogP contribution < -0.4 is 11.5 Å². The lowest BCUT2D eigenvalue weighted by Crippen LogP contribution is -2.26. The molecule has 0 heterocycles. The highest BCUT2D eigenvalue weighted by Crippen LogP contribution is 1.93. The Morgan fingerprint density at radius 3 is 2.46 bits per heavy atom. The zero-order valence-corrected chi connectivity index (χ0v) is 8.50. The highest BCUT2D eigenvalue weighted by Gasteiger charge is 1.99. The third-order valence-corrected chi connectivity index (χ3v) is 1.63. The summed E-state index contributed by atoms with van der Waals surface area (Å²) in [5, 5.41) is 0. The van der Waals surface area contributed by atoms with Gasteiger partial charge in [-0.2, -0.15) is 0 Å². The normalized spacial score (nSPS) is 13.2. The summed E-state index contributed by atoms with van der Waals surface area (Å²) in [7, 11) is 0. The predicted molar refractivity (Wildman–Crippen MR) is 53.6 cm³/mol. The number of hydrogen-bond donors (Lipinski definition) is 2. The molecule has 0 bridgehead atoms. The van der Waals surface area contributed by atoms with Gasteiger partial charge in [0.1, 0.15) is 0 Å². The number of ether oxygens (including phenoxy) is 2. The molecule has 0 spiro atoms. The smallest absolute Gasteiger partial charge is 0.0701 e. The van der Waals surface area contributed by atoms with Crippen molar-refractivity contribution in [1.29, 1.82) is 0 Å². The van der Waals surface area contributed by atoms with Crippen molar-refractivity contribution in [3.63, 3.8) is 0 Å². The van der Waals surface area contributed by atoms with Gasteiger partial charge in [0.15, 0.2) is 0 Å². The van der Waals surface area contributed by atoms with Gasteiger partial charge in [0.05, 0.1) is 26.4 Å². The molecule has 0 aliphatic carbocycles. The molecule has 4 heteroatoms. The van der Waals surface area contributed by atoms with Crippen LogP contribution >= 0.6 is 0 Å². The first-order valence-electron chi connectivity index (χ1n) is 4.92. The van der Waals surface area contributed by atoms with Crippen molar-refractivity contribution in [3.8, 4) is 0 Å². The summed E-state index contributed by atoms with van der Waals surface area (Å²) in [5.41, 5.74) is 11.0. The molecule has 1 unspecified atom stereocenters. The molecule has 4 N–H and O–H groups in total. The molecule has 0 aliphatic rings. The van der Waals surface area contributed by atoms with Gasteiger partial charge in [-0.15, -0.1) is 0 Å². The van der Waals surface area contributed by atoms with E-state index in [1.807, 2.05) is 0 Å². The summed E-state index contributed by atoms with van der Waals surface area (Å²) in [4.78, 5) is 0. The van der Waals surface area contributed by atoms with Gasteiger partial charge in [-0.1, -0.05) is 13.3 Å². The minimum atomic E-state index is 0.166. The van der Waals surface area contributed by atoms with Crippen LogP contribution in [0.4, 0.5) is 0 Å². The van der Waals surface area contributed by atoms with Crippen molar-refractivity contribution in [2.24, 2.45) is 11.5 Å². The monoisotopic (exact) mass is 190 g/mol. The fraction of sp³-hybridized carbons (Fsp3) is 1.00. The molecule has 0 radical (unpaired) electrons. The van der Waals surface area contributed by atoms with E-state index in [4.69, 9.17) is 20.9 Å². The topological polar surface area (TPSA) is 70.5 Å². The molecular formula is C9H22N2O2. The van der Waals surface area contributed by atoms with Crippen molar-refractivity contribution >= 4 is 0 Å². The predicted octanol–water partition coefficient (Wildman–Crippen LogP) is 0.106. The van der Waals surface area contributed by atoms with Crippen molar-refractivity contribution in [2.75, 3.05) is 33.0 Å². The lowest BCUT2D eigenvalue weighted by atomic mass is 10.2. The Hall–Kier alpha value is -0.160. The summed E-state index contributed by atoms with van der Waals surface area (Å²) in [6, 6.07) is 0.166. The molecule has 0 aromatic heterocycles. The van der Waals surface area contributed by atoms with Gasteiger partial charge in [0.25, 0.3) is 0 Å². The summed E-state index contributed by atoms with van der Waals surface area (Å²) in [6.45, 7) is 5.12. The van der Waals surface area contributed by atoms with Crippen LogP contribution in [-0.2, 0) is 9.47 Å². The highest BCUT2D eigenvalue weighted by molar-refractivity contribution is 4.57. The first kappa shape index (κ1) is 12.8. The Balaban J connectivity index is 2.97. The largest absolute Gasteiger partial charge is 0.378 e. The van der Waals surface area contributed by atoms with E-state index in [0.717, 1.165) is 12.8 Å². The van der Waals surface area contributed by atoms with E-state index in [0.29, 0.717) is 33.0 Å². The maximum absolute atomic E-state index is 5.74. The van der Waals surface area contributed by atoms with Crippen LogP contribution in [0, 0.1) is 0 Å². The fourth-order valence-electron chi connectivity index (χ4n) is 0.992. The Morgan fingerprint density at radius 2 is 1.85 bits per heavy atom. The van der Waals surface area contributed by atoms with Gasteiger partial charge in [0.2, 0.25) is 0 Å². The average molecular weight is 190 g/mol. The lowest BCUT2D eigenvalue weighted by molar-refractivity contribution is 0.0446. The molecule has 0 amide bonds. The second-order valence-electron chi connectivity index (χ2n) is 3.02. The number of hydrogen-bond acceptors (Lipinski definition) is 4. The molecule has 13 heavy (non-hydrogen) atoms. The van der Waals surface area contributed by atoms with E-state index < -0.39 is 0 Å². The number of rotatable bonds is 9. The van der Waals surface area contributed by atoms with E-state index >= 15 is 0 Å². The molecule has 80 valence electrons. The lowest BCUT2D eigenvalue weighted by Gasteiger charge is -2.10. The first-order chi connectivity index (χ1) is 6.31. The molecule has 0 rings (SSSR count). The minimum Gasteiger partial charge on any atom is -0.378 e. The summed E-state index contributed by atoms with van der Waals surface area (Å²) < 4.78 is 10.4. The van der Waals surface area contributed by atoms with Crippen LogP contribution in [0.3, 0.4) is 0 Å². The Bertz CT molecular complexity index is 102. The third kappa shape index (κ3) is 9.76. The van der Waals surface area contributed by atoms with Gasteiger partial charge < -0.3 is 20.9 Å². The Kier molecular flexibility index (Phi) is 9.80. The first-order valence-corrected chi connectivity index (χ1v) is 4.92. The summed E-state index contributed by atoms with van der Waals surface area (Å²) in [6.07, 6.45) is 2.12. The molecule has 0 saturated heterocycles. The van der Waals surface area contributed by atoms with Crippen LogP contribution in [0.2, 0.25) is 0 Å². The molecule has 0 fully saturated rings. The molecule has 0 aromatic carbocycles. The van der Waals surface area contributed by atoms with Gasteiger partial charge in [0, 0.05) is 12.6 Å². The van der Waals surface area contributed by atoms with Gasteiger partial charge in [-0.05, 0) is 6.42 Å². The van der Waals surface area contributed by atoms with E-state index in [1.165, 1.54) is 0 Å². The van der Waals surface area contributed by atoms with E-state index in [9.17, 15) is 0 Å². The second-order valence-corrected chi connectivity index (χ2v) is 3.02. The fourth-order valence-corrected chi connectivity index (χ4v) is 0.992. The SMILES string of the molecule is CCCC(N)COCCOCCN. The van der Waals surface area contributed by atoms with E-state index in [1.54, 1.807) is 0 Å². The highest BCUT2D eigenvalue weighted by atomic mass is 16.5. The van der Waals surface area contributed by atoms with Crippen LogP contribution in [0.5, 0.6) is 0 Å². The zero-order chi connectivity index (χ0) is 9.94. The summed E-state index contributed by atoms with van der Waals surface area (Å²) >= 11 is 0. The maximum Gasteiger partial charge on any atom is 0.0701 e. The van der Waals surface area contributed by atoms with Crippen LogP contribution in [0.15, 0.2) is 0 Å². The Labute approximate surface area is 80.6 Å². The number of nitrogens with two attached hydrogens (primary N) is 2. The van der Waals surface area contributed by atoms with Crippen molar-refractivity contribution in [2.45, 2.75) is 25.8 Å². The Morgan fingerprint density at radius 1 is 1.15 bits per heavy atom. The standard InChI is InChI=1S/C9H22N2O2/c1-2-3-9(11)8-13-7-6-12-5-4-10/h9H,2-8,10-11H2,1H3. The van der Waals surface area contributed by atoms with Crippen LogP contribution in [0.1, 0.15) is 19.8 Å². The van der Waals surface area contributed by atoms with Crippen LogP contribution in [0.25, 0.3) is 0 Å². The molecule has 0 aliphatic heterocycles. The molecule has 0 saturated carbocycles. The van der Waals surface area contributed by atoms with Crippen LogP contribution in [-0.4, -0.2) is 39.0 Å². The van der Waals surface area contributed by atoms with E-state index in [2.05, 4.69) is 6.92 Å². The van der Waals surface area contributed by atoms with Crippen molar-refractivity contribution in [1.82, 2.24) is 0 Å². The minimum absolute atomic E-state index is 0.166. The van der Waals surface area contributed by atoms with Crippen molar-refractivity contribution in [3.05, 3.63) is 0 Å². The maximum atomic E-state index is 5.74. The zero-order valence-electron chi connectivity index (χ0n) is 8.50. The molecule has 1 atom stereocenters. The quantitative estimate of drug-likeness (QED) is 0.506. The average Bonchev–Trinajstić information content (AvgIpc) is 2.11. The molecular weight excluding hydrogens is 168 g/mol. The second kappa shape index (κ2) is 9.92. The van der Waals surface area contributed by atoms with Gasteiger partial charge >= 0.3 is 0 Å². The van der Waals surface area contributed by atoms with E-state index in [-0.39, 0.29) is 6.04 Å². The van der Waals surface area contributed by atoms with Crippen molar-refractivity contribution < 1.29 is 9.47 Å². The summed E-state index contributed by atoms with van der Waals surface area (Å²) in [5.74, 6) is 0. The third-order valence-electron chi connectivity index (χ3n) is 1.63. The van der Waals surface area contributed by atoms with Gasteiger partial charge in [-0.3, -0.25) is 0 Å².